The number of fused-ring (bicyclic) bond motifs is 1. The quantitative estimate of drug-likeness (QED) is 0.632. The van der Waals surface area contributed by atoms with Crippen molar-refractivity contribution in [2.24, 2.45) is 0 Å². The van der Waals surface area contributed by atoms with Crippen molar-refractivity contribution in [3.05, 3.63) is 28.3 Å². The molecule has 2 rings (SSSR count). The number of anilines is 1. The van der Waals surface area contributed by atoms with Gasteiger partial charge in [-0.2, -0.15) is 0 Å². The maximum atomic E-state index is 12.1. The molecule has 0 atom stereocenters. The van der Waals surface area contributed by atoms with E-state index in [1.54, 1.807) is 20.8 Å². The van der Waals surface area contributed by atoms with E-state index in [1.165, 1.54) is 18.2 Å². The highest BCUT2D eigenvalue weighted by Crippen LogP contribution is 2.27. The lowest BCUT2D eigenvalue weighted by atomic mass is 10.2. The molecule has 0 amide bonds. The second kappa shape index (κ2) is 4.48. The van der Waals surface area contributed by atoms with Gasteiger partial charge in [0.2, 0.25) is 5.95 Å². The van der Waals surface area contributed by atoms with Gasteiger partial charge in [-0.3, -0.25) is 10.1 Å². The molecule has 0 aliphatic heterocycles. The van der Waals surface area contributed by atoms with Gasteiger partial charge in [0, 0.05) is 6.07 Å². The molecule has 2 N–H and O–H groups in total. The van der Waals surface area contributed by atoms with E-state index >= 15 is 0 Å². The van der Waals surface area contributed by atoms with Gasteiger partial charge in [-0.15, -0.1) is 0 Å². The Morgan fingerprint density at radius 1 is 1.45 bits per heavy atom. The number of carbonyl (C=O) groups excluding carboxylic acids is 1. The average molecular weight is 278 g/mol. The van der Waals surface area contributed by atoms with Gasteiger partial charge >= 0.3 is 6.09 Å². The maximum Gasteiger partial charge on any atom is 0.421 e. The lowest BCUT2D eigenvalue weighted by molar-refractivity contribution is -0.383. The summed E-state index contributed by atoms with van der Waals surface area (Å²) in [4.78, 5) is 26.3. The molecular weight excluding hydrogens is 264 g/mol. The zero-order valence-electron chi connectivity index (χ0n) is 11.3. The monoisotopic (exact) mass is 278 g/mol. The third-order valence-electron chi connectivity index (χ3n) is 2.46. The Hall–Kier alpha value is -2.64. The lowest BCUT2D eigenvalue weighted by Gasteiger charge is -2.19. The van der Waals surface area contributed by atoms with Crippen LogP contribution in [-0.2, 0) is 4.74 Å². The van der Waals surface area contributed by atoms with Crippen molar-refractivity contribution in [2.75, 3.05) is 5.73 Å². The van der Waals surface area contributed by atoms with Gasteiger partial charge in [-0.25, -0.2) is 14.3 Å². The first-order chi connectivity index (χ1) is 9.20. The number of nitrogen functional groups attached to an aromatic ring is 1. The highest BCUT2D eigenvalue weighted by molar-refractivity contribution is 5.94. The molecule has 8 nitrogen and oxygen atoms in total. The SMILES string of the molecule is CC(C)(C)OC(=O)n1c(N)nc2c([N+](=O)[O-])cccc21. The molecule has 0 saturated carbocycles. The van der Waals surface area contributed by atoms with E-state index in [4.69, 9.17) is 10.5 Å². The predicted molar refractivity (Wildman–Crippen MR) is 72.4 cm³/mol. The molecule has 8 heteroatoms. The number of ether oxygens (including phenoxy) is 1. The van der Waals surface area contributed by atoms with Crippen LogP contribution in [0.5, 0.6) is 0 Å². The van der Waals surface area contributed by atoms with E-state index in [9.17, 15) is 14.9 Å². The summed E-state index contributed by atoms with van der Waals surface area (Å²) >= 11 is 0. The minimum Gasteiger partial charge on any atom is -0.443 e. The summed E-state index contributed by atoms with van der Waals surface area (Å²) in [6.07, 6.45) is -0.724. The Morgan fingerprint density at radius 2 is 2.10 bits per heavy atom. The molecule has 0 spiro atoms. The third-order valence-corrected chi connectivity index (χ3v) is 2.46. The summed E-state index contributed by atoms with van der Waals surface area (Å²) in [5, 5.41) is 10.9. The molecule has 1 heterocycles. The van der Waals surface area contributed by atoms with Crippen molar-refractivity contribution in [2.45, 2.75) is 26.4 Å². The predicted octanol–water partition coefficient (Wildman–Crippen LogP) is 2.31. The molecule has 0 aliphatic carbocycles. The van der Waals surface area contributed by atoms with Crippen LogP contribution in [0.1, 0.15) is 20.8 Å². The first-order valence-corrected chi connectivity index (χ1v) is 5.85. The van der Waals surface area contributed by atoms with Gasteiger partial charge in [-0.1, -0.05) is 6.07 Å². The number of hydrogen-bond acceptors (Lipinski definition) is 6. The number of nitro groups is 1. The van der Waals surface area contributed by atoms with E-state index in [0.29, 0.717) is 0 Å². The van der Waals surface area contributed by atoms with Crippen LogP contribution < -0.4 is 5.73 Å². The van der Waals surface area contributed by atoms with Crippen LogP contribution >= 0.6 is 0 Å². The minimum absolute atomic E-state index is 0.0564. The fourth-order valence-electron chi connectivity index (χ4n) is 1.75. The maximum absolute atomic E-state index is 12.1. The molecule has 1 aromatic carbocycles. The van der Waals surface area contributed by atoms with Gasteiger partial charge < -0.3 is 10.5 Å². The Balaban J connectivity index is 2.61. The fraction of sp³-hybridized carbons (Fsp3) is 0.333. The normalized spacial score (nSPS) is 11.6. The zero-order valence-corrected chi connectivity index (χ0v) is 11.3. The first kappa shape index (κ1) is 13.8. The highest BCUT2D eigenvalue weighted by Gasteiger charge is 2.25. The number of nitrogens with zero attached hydrogens (tertiary/aromatic N) is 3. The molecule has 1 aromatic heterocycles. The number of rotatable bonds is 1. The number of nitro benzene ring substituents is 1. The molecule has 0 unspecified atom stereocenters. The molecule has 106 valence electrons. The van der Waals surface area contributed by atoms with Gasteiger partial charge in [0.1, 0.15) is 5.60 Å². The number of imidazole rings is 1. The van der Waals surface area contributed by atoms with Crippen LogP contribution in [0.3, 0.4) is 0 Å². The minimum atomic E-state index is -0.724. The first-order valence-electron chi connectivity index (χ1n) is 5.85. The molecule has 0 saturated heterocycles. The van der Waals surface area contributed by atoms with Gasteiger partial charge in [-0.05, 0) is 26.8 Å². The number of non-ortho nitro benzene ring substituents is 1. The van der Waals surface area contributed by atoms with E-state index in [2.05, 4.69) is 4.98 Å². The summed E-state index contributed by atoms with van der Waals surface area (Å²) in [5.74, 6) is -0.149. The number of benzene rings is 1. The summed E-state index contributed by atoms with van der Waals surface area (Å²) < 4.78 is 6.23. The van der Waals surface area contributed by atoms with Crippen molar-refractivity contribution in [1.29, 1.82) is 0 Å². The molecule has 0 radical (unpaired) electrons. The Bertz CT molecular complexity index is 699. The van der Waals surface area contributed by atoms with Gasteiger partial charge in [0.15, 0.2) is 5.52 Å². The second-order valence-corrected chi connectivity index (χ2v) is 5.19. The highest BCUT2D eigenvalue weighted by atomic mass is 16.6. The smallest absolute Gasteiger partial charge is 0.421 e. The molecule has 0 aliphatic rings. The largest absolute Gasteiger partial charge is 0.443 e. The third kappa shape index (κ3) is 2.40. The van der Waals surface area contributed by atoms with E-state index in [-0.39, 0.29) is 22.7 Å². The Morgan fingerprint density at radius 3 is 2.65 bits per heavy atom. The molecule has 2 aromatic rings. The van der Waals surface area contributed by atoms with Crippen molar-refractivity contribution >= 4 is 28.8 Å². The summed E-state index contributed by atoms with van der Waals surface area (Å²) in [5.41, 5.74) is 5.05. The molecule has 0 fully saturated rings. The topological polar surface area (TPSA) is 113 Å². The fourth-order valence-corrected chi connectivity index (χ4v) is 1.75. The van der Waals surface area contributed by atoms with E-state index in [0.717, 1.165) is 4.57 Å². The van der Waals surface area contributed by atoms with Crippen molar-refractivity contribution in [1.82, 2.24) is 9.55 Å². The van der Waals surface area contributed by atoms with Crippen molar-refractivity contribution < 1.29 is 14.5 Å². The standard InChI is InChI=1S/C12H14N4O4/c1-12(2,3)20-11(17)15-7-5-4-6-8(16(18)19)9(7)14-10(15)13/h4-6H,1-3H3,(H2,13,14). The van der Waals surface area contributed by atoms with Gasteiger partial charge in [0.05, 0.1) is 10.4 Å². The number of nitrogens with two attached hydrogens (primary N) is 1. The summed E-state index contributed by atoms with van der Waals surface area (Å²) in [6, 6.07) is 4.28. The Labute approximate surface area is 114 Å². The summed E-state index contributed by atoms with van der Waals surface area (Å²) in [6.45, 7) is 5.13. The van der Waals surface area contributed by atoms with Crippen LogP contribution in [0.15, 0.2) is 18.2 Å². The van der Waals surface area contributed by atoms with Crippen LogP contribution in [-0.4, -0.2) is 26.2 Å². The van der Waals surface area contributed by atoms with Crippen LogP contribution in [0.2, 0.25) is 0 Å². The van der Waals surface area contributed by atoms with E-state index in [1.807, 2.05) is 0 Å². The van der Waals surface area contributed by atoms with Crippen LogP contribution in [0, 0.1) is 10.1 Å². The average Bonchev–Trinajstić information content (AvgIpc) is 2.61. The molecular formula is C12H14N4O4. The number of aromatic nitrogens is 2. The van der Waals surface area contributed by atoms with E-state index < -0.39 is 16.6 Å². The molecule has 20 heavy (non-hydrogen) atoms. The molecule has 0 bridgehead atoms. The van der Waals surface area contributed by atoms with Crippen LogP contribution in [0.4, 0.5) is 16.4 Å². The lowest BCUT2D eigenvalue weighted by Crippen LogP contribution is -2.27. The number of para-hydroxylation sites is 1. The van der Waals surface area contributed by atoms with Gasteiger partial charge in [0.25, 0.3) is 5.69 Å². The summed E-state index contributed by atoms with van der Waals surface area (Å²) in [7, 11) is 0. The number of hydrogen-bond donors (Lipinski definition) is 1. The van der Waals surface area contributed by atoms with Crippen LogP contribution in [0.25, 0.3) is 11.0 Å². The zero-order chi connectivity index (χ0) is 15.1. The van der Waals surface area contributed by atoms with Crippen molar-refractivity contribution in [3.63, 3.8) is 0 Å². The Kier molecular flexibility index (Phi) is 3.09. The van der Waals surface area contributed by atoms with Crippen molar-refractivity contribution in [3.8, 4) is 0 Å². The second-order valence-electron chi connectivity index (χ2n) is 5.19. The number of carbonyl (C=O) groups is 1.